The van der Waals surface area contributed by atoms with E-state index < -0.39 is 0 Å². The van der Waals surface area contributed by atoms with Crippen molar-refractivity contribution in [2.75, 3.05) is 39.4 Å². The van der Waals surface area contributed by atoms with Gasteiger partial charge in [-0.25, -0.2) is 4.99 Å². The summed E-state index contributed by atoms with van der Waals surface area (Å²) < 4.78 is 5.29. The maximum absolute atomic E-state index is 12.4. The highest BCUT2D eigenvalue weighted by molar-refractivity contribution is 14.0. The van der Waals surface area contributed by atoms with Gasteiger partial charge >= 0.3 is 0 Å². The summed E-state index contributed by atoms with van der Waals surface area (Å²) in [4.78, 5) is 20.0. The number of halogens is 1. The molecule has 0 fully saturated rings. The van der Waals surface area contributed by atoms with Crippen LogP contribution >= 0.6 is 35.3 Å². The van der Waals surface area contributed by atoms with Gasteiger partial charge in [-0.1, -0.05) is 0 Å². The van der Waals surface area contributed by atoms with Crippen LogP contribution in [-0.2, 0) is 22.5 Å². The molecular formula is C16H27IN4O2S. The Morgan fingerprint density at radius 2 is 2.25 bits per heavy atom. The van der Waals surface area contributed by atoms with Gasteiger partial charge in [0.25, 0.3) is 0 Å². The summed E-state index contributed by atoms with van der Waals surface area (Å²) in [6.07, 6.45) is 0.954. The molecule has 0 unspecified atom stereocenters. The molecule has 0 aliphatic carbocycles. The SMILES string of the molecule is CCNC(=NCC(=O)N1CCc2sccc2C1)NCCOCC.I. The zero-order chi connectivity index (χ0) is 16.5. The van der Waals surface area contributed by atoms with E-state index in [0.29, 0.717) is 32.3 Å². The fourth-order valence-electron chi connectivity index (χ4n) is 2.44. The number of carbonyl (C=O) groups is 1. The van der Waals surface area contributed by atoms with E-state index >= 15 is 0 Å². The van der Waals surface area contributed by atoms with Crippen LogP contribution in [0, 0.1) is 0 Å². The number of carbonyl (C=O) groups excluding carboxylic acids is 1. The number of amides is 1. The van der Waals surface area contributed by atoms with Crippen molar-refractivity contribution in [1.82, 2.24) is 15.5 Å². The van der Waals surface area contributed by atoms with Gasteiger partial charge in [0.05, 0.1) is 6.61 Å². The molecule has 24 heavy (non-hydrogen) atoms. The summed E-state index contributed by atoms with van der Waals surface area (Å²) in [6.45, 7) is 8.41. The number of nitrogens with one attached hydrogen (secondary N) is 2. The van der Waals surface area contributed by atoms with Crippen LogP contribution in [0.2, 0.25) is 0 Å². The van der Waals surface area contributed by atoms with Crippen molar-refractivity contribution in [1.29, 1.82) is 0 Å². The van der Waals surface area contributed by atoms with Crippen molar-refractivity contribution in [2.24, 2.45) is 4.99 Å². The van der Waals surface area contributed by atoms with Gasteiger partial charge in [-0.3, -0.25) is 4.79 Å². The fourth-order valence-corrected chi connectivity index (χ4v) is 3.33. The Hall–Kier alpha value is -0.870. The second-order valence-corrected chi connectivity index (χ2v) is 6.25. The number of aliphatic imine (C=N–C) groups is 1. The number of guanidine groups is 1. The van der Waals surface area contributed by atoms with Crippen LogP contribution in [0.5, 0.6) is 0 Å². The Morgan fingerprint density at radius 1 is 1.42 bits per heavy atom. The van der Waals surface area contributed by atoms with Crippen molar-refractivity contribution >= 4 is 47.2 Å². The van der Waals surface area contributed by atoms with Gasteiger partial charge in [0.1, 0.15) is 6.54 Å². The largest absolute Gasteiger partial charge is 0.380 e. The molecule has 136 valence electrons. The van der Waals surface area contributed by atoms with Crippen LogP contribution in [-0.4, -0.2) is 56.2 Å². The lowest BCUT2D eigenvalue weighted by molar-refractivity contribution is -0.130. The van der Waals surface area contributed by atoms with Crippen LogP contribution < -0.4 is 10.6 Å². The number of rotatable bonds is 7. The third-order valence-corrected chi connectivity index (χ3v) is 4.64. The lowest BCUT2D eigenvalue weighted by atomic mass is 10.1. The average molecular weight is 466 g/mol. The van der Waals surface area contributed by atoms with Crippen LogP contribution in [0.25, 0.3) is 0 Å². The zero-order valence-electron chi connectivity index (χ0n) is 14.3. The van der Waals surface area contributed by atoms with Gasteiger partial charge in [0, 0.05) is 37.7 Å². The highest BCUT2D eigenvalue weighted by Crippen LogP contribution is 2.23. The van der Waals surface area contributed by atoms with E-state index in [4.69, 9.17) is 4.74 Å². The molecule has 0 saturated carbocycles. The minimum atomic E-state index is 0. The van der Waals surface area contributed by atoms with Crippen LogP contribution in [0.3, 0.4) is 0 Å². The average Bonchev–Trinajstić information content (AvgIpc) is 3.03. The monoisotopic (exact) mass is 466 g/mol. The molecule has 1 aliphatic rings. The van der Waals surface area contributed by atoms with Crippen LogP contribution in [0.4, 0.5) is 0 Å². The summed E-state index contributed by atoms with van der Waals surface area (Å²) in [5.74, 6) is 0.734. The Balaban J connectivity index is 0.00000288. The van der Waals surface area contributed by atoms with Crippen LogP contribution in [0.1, 0.15) is 24.3 Å². The normalized spacial score (nSPS) is 13.9. The van der Waals surface area contributed by atoms with E-state index in [1.807, 2.05) is 18.7 Å². The number of ether oxygens (including phenoxy) is 1. The summed E-state index contributed by atoms with van der Waals surface area (Å²) >= 11 is 1.78. The summed E-state index contributed by atoms with van der Waals surface area (Å²) in [6, 6.07) is 2.11. The lowest BCUT2D eigenvalue weighted by Crippen LogP contribution is -2.41. The first-order valence-electron chi connectivity index (χ1n) is 8.17. The Morgan fingerprint density at radius 3 is 3.00 bits per heavy atom. The number of hydrogen-bond donors (Lipinski definition) is 2. The molecule has 0 bridgehead atoms. The molecule has 0 saturated heterocycles. The van der Waals surface area contributed by atoms with E-state index in [9.17, 15) is 4.79 Å². The maximum Gasteiger partial charge on any atom is 0.244 e. The second-order valence-electron chi connectivity index (χ2n) is 5.25. The Bertz CT molecular complexity index is 536. The molecule has 2 rings (SSSR count). The summed E-state index contributed by atoms with van der Waals surface area (Å²) in [5.41, 5.74) is 1.28. The Labute approximate surface area is 165 Å². The highest BCUT2D eigenvalue weighted by Gasteiger charge is 2.21. The van der Waals surface area contributed by atoms with E-state index in [-0.39, 0.29) is 36.4 Å². The summed E-state index contributed by atoms with van der Waals surface area (Å²) in [7, 11) is 0. The molecule has 6 nitrogen and oxygen atoms in total. The van der Waals surface area contributed by atoms with Crippen molar-refractivity contribution < 1.29 is 9.53 Å². The third kappa shape index (κ3) is 6.56. The molecule has 2 heterocycles. The van der Waals surface area contributed by atoms with E-state index in [2.05, 4.69) is 27.1 Å². The topological polar surface area (TPSA) is 66.0 Å². The first-order valence-corrected chi connectivity index (χ1v) is 9.05. The standard InChI is InChI=1S/C16H26N4O2S.HI/c1-3-17-16(18-7-9-22-4-2)19-11-15(21)20-8-5-14-13(12-20)6-10-23-14;/h6,10H,3-5,7-9,11-12H2,1-2H3,(H2,17,18,19);1H. The third-order valence-electron chi connectivity index (χ3n) is 3.62. The Kier molecular flexibility index (Phi) is 10.3. The minimum absolute atomic E-state index is 0. The molecule has 1 aliphatic heterocycles. The molecule has 8 heteroatoms. The molecule has 0 radical (unpaired) electrons. The highest BCUT2D eigenvalue weighted by atomic mass is 127. The van der Waals surface area contributed by atoms with Crippen molar-refractivity contribution in [3.05, 3.63) is 21.9 Å². The lowest BCUT2D eigenvalue weighted by Gasteiger charge is -2.26. The van der Waals surface area contributed by atoms with Gasteiger partial charge < -0.3 is 20.3 Å². The smallest absolute Gasteiger partial charge is 0.244 e. The van der Waals surface area contributed by atoms with Crippen LogP contribution in [0.15, 0.2) is 16.4 Å². The molecule has 1 amide bonds. The molecule has 1 aromatic rings. The molecule has 2 N–H and O–H groups in total. The molecule has 1 aromatic heterocycles. The van der Waals surface area contributed by atoms with Gasteiger partial charge in [-0.2, -0.15) is 0 Å². The zero-order valence-corrected chi connectivity index (χ0v) is 17.5. The predicted octanol–water partition coefficient (Wildman–Crippen LogP) is 1.84. The first kappa shape index (κ1) is 21.2. The number of nitrogens with zero attached hydrogens (tertiary/aromatic N) is 2. The van der Waals surface area contributed by atoms with Gasteiger partial charge in [0.15, 0.2) is 5.96 Å². The maximum atomic E-state index is 12.4. The molecule has 0 spiro atoms. The fraction of sp³-hybridized carbons (Fsp3) is 0.625. The van der Waals surface area contributed by atoms with Gasteiger partial charge in [-0.15, -0.1) is 35.3 Å². The predicted molar refractivity (Wildman–Crippen MR) is 109 cm³/mol. The number of thiophene rings is 1. The van der Waals surface area contributed by atoms with Crippen molar-refractivity contribution in [2.45, 2.75) is 26.8 Å². The van der Waals surface area contributed by atoms with Gasteiger partial charge in [0.2, 0.25) is 5.91 Å². The van der Waals surface area contributed by atoms with Crippen molar-refractivity contribution in [3.8, 4) is 0 Å². The molecule has 0 aromatic carbocycles. The first-order chi connectivity index (χ1) is 11.2. The second kappa shape index (κ2) is 11.6. The van der Waals surface area contributed by atoms with Gasteiger partial charge in [-0.05, 0) is 37.3 Å². The summed E-state index contributed by atoms with van der Waals surface area (Å²) in [5, 5.41) is 8.41. The van der Waals surface area contributed by atoms with E-state index in [0.717, 1.165) is 19.5 Å². The molecule has 0 atom stereocenters. The minimum Gasteiger partial charge on any atom is -0.380 e. The molecular weight excluding hydrogens is 439 g/mol. The van der Waals surface area contributed by atoms with Crippen molar-refractivity contribution in [3.63, 3.8) is 0 Å². The number of hydrogen-bond acceptors (Lipinski definition) is 4. The van der Waals surface area contributed by atoms with E-state index in [1.165, 1.54) is 10.4 Å². The quantitative estimate of drug-likeness (QED) is 0.279. The van der Waals surface area contributed by atoms with E-state index in [1.54, 1.807) is 11.3 Å². The number of fused-ring (bicyclic) bond motifs is 1.